The van der Waals surface area contributed by atoms with E-state index in [1.807, 2.05) is 0 Å². The van der Waals surface area contributed by atoms with E-state index in [0.717, 1.165) is 0 Å². The minimum Gasteiger partial charge on any atom is -0.482 e. The number of nitrogens with zero attached hydrogens (tertiary/aromatic N) is 3. The highest BCUT2D eigenvalue weighted by Gasteiger charge is 2.20. The summed E-state index contributed by atoms with van der Waals surface area (Å²) in [5.41, 5.74) is 2.63. The van der Waals surface area contributed by atoms with E-state index in [9.17, 15) is 24.3 Å². The molecule has 0 saturated carbocycles. The van der Waals surface area contributed by atoms with Gasteiger partial charge in [-0.05, 0) is 60.1 Å². The second kappa shape index (κ2) is 10.3. The van der Waals surface area contributed by atoms with Gasteiger partial charge in [-0.2, -0.15) is 0 Å². The first-order chi connectivity index (χ1) is 18.7. The predicted octanol–water partition coefficient (Wildman–Crippen LogP) is 1.98. The van der Waals surface area contributed by atoms with E-state index in [0.29, 0.717) is 28.1 Å². The number of carboxylic acid groups (broad SMARTS) is 1. The molecule has 13 nitrogen and oxygen atoms in total. The summed E-state index contributed by atoms with van der Waals surface area (Å²) in [6.45, 7) is 1.84. The molecule has 5 rings (SSSR count). The Balaban J connectivity index is 1.33. The lowest BCUT2D eigenvalue weighted by Crippen LogP contribution is -2.28. The van der Waals surface area contributed by atoms with E-state index < -0.39 is 17.8 Å². The van der Waals surface area contributed by atoms with E-state index in [2.05, 4.69) is 31.1 Å². The summed E-state index contributed by atoms with van der Waals surface area (Å²) in [5.74, 6) is -1.83. The normalized spacial score (nSPS) is 12.3. The van der Waals surface area contributed by atoms with Crippen molar-refractivity contribution in [1.82, 2.24) is 30.2 Å². The van der Waals surface area contributed by atoms with Gasteiger partial charge in [0.2, 0.25) is 4.77 Å². The Morgan fingerprint density at radius 1 is 1.08 bits per heavy atom. The number of carboxylic acids is 1. The van der Waals surface area contributed by atoms with Gasteiger partial charge in [0.25, 0.3) is 23.5 Å². The van der Waals surface area contributed by atoms with Crippen LogP contribution in [0.15, 0.2) is 42.5 Å². The summed E-state index contributed by atoms with van der Waals surface area (Å²) in [4.78, 5) is 53.1. The van der Waals surface area contributed by atoms with Gasteiger partial charge in [-0.3, -0.25) is 14.4 Å². The summed E-state index contributed by atoms with van der Waals surface area (Å²) < 4.78 is 6.79. The Kier molecular flexibility index (Phi) is 6.77. The number of anilines is 1. The van der Waals surface area contributed by atoms with Crippen molar-refractivity contribution < 1.29 is 29.0 Å². The largest absolute Gasteiger partial charge is 0.482 e. The number of carbonyl (C=O) groups excluding carboxylic acids is 3. The topological polar surface area (TPSA) is 180 Å². The lowest BCUT2D eigenvalue weighted by Gasteiger charge is -2.18. The van der Waals surface area contributed by atoms with Crippen LogP contribution in [0.4, 0.5) is 5.69 Å². The van der Waals surface area contributed by atoms with Crippen LogP contribution in [-0.2, 0) is 17.9 Å². The summed E-state index contributed by atoms with van der Waals surface area (Å²) in [6, 6.07) is 11.2. The van der Waals surface area contributed by atoms with Crippen molar-refractivity contribution in [2.75, 3.05) is 11.9 Å². The number of aryl methyl sites for hydroxylation is 1. The third-order valence-electron chi connectivity index (χ3n) is 5.96. The fourth-order valence-electron chi connectivity index (χ4n) is 4.06. The smallest absolute Gasteiger partial charge is 0.335 e. The van der Waals surface area contributed by atoms with Crippen LogP contribution in [0.2, 0.25) is 0 Å². The number of H-pyrrole nitrogens is 1. The van der Waals surface area contributed by atoms with Gasteiger partial charge < -0.3 is 25.8 Å². The molecule has 4 aromatic rings. The number of carbonyl (C=O) groups is 4. The summed E-state index contributed by atoms with van der Waals surface area (Å²) in [5, 5.41) is 24.0. The molecule has 5 N–H and O–H groups in total. The maximum Gasteiger partial charge on any atom is 0.335 e. The number of hydrogen-bond donors (Lipinski definition) is 5. The number of nitrogens with one attached hydrogen (secondary N) is 4. The first-order valence-corrected chi connectivity index (χ1v) is 12.0. The summed E-state index contributed by atoms with van der Waals surface area (Å²) >= 11 is 5.24. The molecule has 0 unspecified atom stereocenters. The second-order valence-electron chi connectivity index (χ2n) is 8.68. The maximum atomic E-state index is 13.2. The standard InChI is InChI=1S/C25H21N7O6S/c1-12-6-13(2-4-15(12)23(36)37)9-26-21(34)17-8-18(32-24(29-17)30-31-25(32)39)22(35)27-10-14-3-5-19-16(7-14)28-20(33)11-38-19/h2-8H,9-11H2,1H3,(H,26,34)(H,27,35)(H,28,33)(H,31,39)(H,36,37). The van der Waals surface area contributed by atoms with E-state index in [1.54, 1.807) is 37.3 Å². The first-order valence-electron chi connectivity index (χ1n) is 11.6. The zero-order chi connectivity index (χ0) is 27.7. The number of aromatic nitrogens is 4. The molecule has 198 valence electrons. The first kappa shape index (κ1) is 25.5. The number of aromatic amines is 1. The molecule has 14 heteroatoms. The molecular formula is C25H21N7O6S. The van der Waals surface area contributed by atoms with Crippen LogP contribution >= 0.6 is 12.2 Å². The van der Waals surface area contributed by atoms with Gasteiger partial charge in [-0.15, -0.1) is 5.10 Å². The molecule has 0 spiro atoms. The van der Waals surface area contributed by atoms with E-state index in [4.69, 9.17) is 17.0 Å². The molecule has 0 bridgehead atoms. The molecule has 0 aliphatic carbocycles. The van der Waals surface area contributed by atoms with Crippen molar-refractivity contribution >= 4 is 47.4 Å². The molecule has 3 heterocycles. The average Bonchev–Trinajstić information content (AvgIpc) is 3.29. The number of amides is 3. The minimum atomic E-state index is -1.03. The molecule has 3 amide bonds. The number of rotatable bonds is 7. The highest BCUT2D eigenvalue weighted by Crippen LogP contribution is 2.28. The third-order valence-corrected chi connectivity index (χ3v) is 6.23. The molecule has 1 aliphatic rings. The monoisotopic (exact) mass is 547 g/mol. The van der Waals surface area contributed by atoms with Crippen molar-refractivity contribution in [1.29, 1.82) is 0 Å². The number of ether oxygens (including phenoxy) is 1. The third kappa shape index (κ3) is 5.31. The van der Waals surface area contributed by atoms with Crippen LogP contribution in [0.25, 0.3) is 5.78 Å². The SMILES string of the molecule is Cc1cc(CNC(=O)c2cc(C(=O)NCc3ccc4c(c3)NC(=O)CO4)n3c(=S)[nH]nc3n2)ccc1C(=O)O. The molecule has 0 saturated heterocycles. The zero-order valence-electron chi connectivity index (χ0n) is 20.4. The van der Waals surface area contributed by atoms with Crippen LogP contribution in [0.1, 0.15) is 48.0 Å². The Morgan fingerprint density at radius 3 is 2.54 bits per heavy atom. The van der Waals surface area contributed by atoms with E-state index in [-0.39, 0.29) is 53.1 Å². The van der Waals surface area contributed by atoms with Crippen molar-refractivity contribution in [3.05, 3.63) is 80.9 Å². The lowest BCUT2D eigenvalue weighted by molar-refractivity contribution is -0.118. The fourth-order valence-corrected chi connectivity index (χ4v) is 4.29. The Labute approximate surface area is 225 Å². The quantitative estimate of drug-likeness (QED) is 0.216. The lowest BCUT2D eigenvalue weighted by atomic mass is 10.1. The maximum absolute atomic E-state index is 13.2. The van der Waals surface area contributed by atoms with Crippen LogP contribution in [0.3, 0.4) is 0 Å². The van der Waals surface area contributed by atoms with Crippen molar-refractivity contribution in [3.63, 3.8) is 0 Å². The predicted molar refractivity (Wildman–Crippen MR) is 139 cm³/mol. The minimum absolute atomic E-state index is 0.0353. The fraction of sp³-hybridized carbons (Fsp3) is 0.160. The molecule has 1 aliphatic heterocycles. The number of hydrogen-bond acceptors (Lipinski definition) is 8. The van der Waals surface area contributed by atoms with Gasteiger partial charge in [-0.1, -0.05) is 18.2 Å². The molecule has 2 aromatic heterocycles. The zero-order valence-corrected chi connectivity index (χ0v) is 21.2. The molecule has 2 aromatic carbocycles. The summed E-state index contributed by atoms with van der Waals surface area (Å²) in [7, 11) is 0. The van der Waals surface area contributed by atoms with Crippen molar-refractivity contribution in [2.45, 2.75) is 20.0 Å². The highest BCUT2D eigenvalue weighted by atomic mass is 32.1. The molecular weight excluding hydrogens is 526 g/mol. The van der Waals surface area contributed by atoms with Gasteiger partial charge in [0.05, 0.1) is 11.3 Å². The van der Waals surface area contributed by atoms with Crippen LogP contribution in [0.5, 0.6) is 5.75 Å². The second-order valence-corrected chi connectivity index (χ2v) is 9.06. The Bertz CT molecular complexity index is 1730. The molecule has 0 atom stereocenters. The average molecular weight is 548 g/mol. The molecule has 0 radical (unpaired) electrons. The van der Waals surface area contributed by atoms with E-state index >= 15 is 0 Å². The molecule has 39 heavy (non-hydrogen) atoms. The van der Waals surface area contributed by atoms with Crippen LogP contribution < -0.4 is 20.7 Å². The van der Waals surface area contributed by atoms with Gasteiger partial charge in [0, 0.05) is 13.1 Å². The van der Waals surface area contributed by atoms with Gasteiger partial charge in [0.1, 0.15) is 17.1 Å². The Morgan fingerprint density at radius 2 is 1.79 bits per heavy atom. The summed E-state index contributed by atoms with van der Waals surface area (Å²) in [6.07, 6.45) is 0. The van der Waals surface area contributed by atoms with Gasteiger partial charge >= 0.3 is 5.97 Å². The number of fused-ring (bicyclic) bond motifs is 2. The van der Waals surface area contributed by atoms with Crippen molar-refractivity contribution in [3.8, 4) is 5.75 Å². The molecule has 0 fully saturated rings. The van der Waals surface area contributed by atoms with Crippen LogP contribution in [-0.4, -0.2) is 55.0 Å². The van der Waals surface area contributed by atoms with E-state index in [1.165, 1.54) is 16.5 Å². The van der Waals surface area contributed by atoms with Gasteiger partial charge in [0.15, 0.2) is 6.61 Å². The number of aromatic carboxylic acids is 1. The van der Waals surface area contributed by atoms with Crippen molar-refractivity contribution in [2.24, 2.45) is 0 Å². The number of benzene rings is 2. The van der Waals surface area contributed by atoms with Crippen LogP contribution in [0, 0.1) is 11.7 Å². The van der Waals surface area contributed by atoms with Gasteiger partial charge in [-0.25, -0.2) is 19.3 Å². The highest BCUT2D eigenvalue weighted by molar-refractivity contribution is 7.71. The Hall–Kier alpha value is -5.11.